The maximum atomic E-state index is 12.9. The predicted molar refractivity (Wildman–Crippen MR) is 109 cm³/mol. The lowest BCUT2D eigenvalue weighted by Crippen LogP contribution is -2.34. The molecule has 0 saturated carbocycles. The average molecular weight is 401 g/mol. The largest absolute Gasteiger partial charge is 0.347 e. The van der Waals surface area contributed by atoms with Crippen LogP contribution in [0.25, 0.3) is 11.0 Å². The molecular formula is C19H23N5O3S. The molecule has 0 spiro atoms. The van der Waals surface area contributed by atoms with Gasteiger partial charge in [-0.25, -0.2) is 9.78 Å². The van der Waals surface area contributed by atoms with Crippen molar-refractivity contribution in [1.29, 1.82) is 0 Å². The van der Waals surface area contributed by atoms with Crippen molar-refractivity contribution in [2.24, 2.45) is 5.92 Å². The Labute approximate surface area is 165 Å². The van der Waals surface area contributed by atoms with E-state index < -0.39 is 11.2 Å². The van der Waals surface area contributed by atoms with Crippen LogP contribution in [0, 0.1) is 5.92 Å². The Kier molecular flexibility index (Phi) is 5.73. The second-order valence-corrected chi connectivity index (χ2v) is 8.33. The van der Waals surface area contributed by atoms with Crippen molar-refractivity contribution in [3.05, 3.63) is 54.7 Å². The van der Waals surface area contributed by atoms with Gasteiger partial charge in [-0.05, 0) is 17.9 Å². The normalized spacial score (nSPS) is 11.5. The smallest absolute Gasteiger partial charge is 0.330 e. The number of carbonyl (C=O) groups excluding carboxylic acids is 1. The second kappa shape index (κ2) is 8.05. The van der Waals surface area contributed by atoms with E-state index in [-0.39, 0.29) is 34.3 Å². The topological polar surface area (TPSA) is 110 Å². The van der Waals surface area contributed by atoms with Gasteiger partial charge >= 0.3 is 5.69 Å². The van der Waals surface area contributed by atoms with Crippen LogP contribution < -0.4 is 16.6 Å². The molecule has 3 heterocycles. The average Bonchev–Trinajstić information content (AvgIpc) is 3.15. The fraction of sp³-hybridized carbons (Fsp3) is 0.421. The van der Waals surface area contributed by atoms with Crippen molar-refractivity contribution >= 4 is 28.3 Å². The number of carbonyl (C=O) groups is 1. The summed E-state index contributed by atoms with van der Waals surface area (Å²) in [5.74, 6) is -0.192. The van der Waals surface area contributed by atoms with E-state index >= 15 is 0 Å². The molecule has 28 heavy (non-hydrogen) atoms. The molecule has 0 radical (unpaired) electrons. The van der Waals surface area contributed by atoms with Crippen LogP contribution in [0.5, 0.6) is 0 Å². The molecule has 8 nitrogen and oxygen atoms in total. The van der Waals surface area contributed by atoms with Crippen molar-refractivity contribution in [2.45, 2.75) is 46.7 Å². The summed E-state index contributed by atoms with van der Waals surface area (Å²) < 4.78 is 1.44. The van der Waals surface area contributed by atoms with Crippen molar-refractivity contribution in [3.8, 4) is 0 Å². The Morgan fingerprint density at radius 3 is 2.64 bits per heavy atom. The van der Waals surface area contributed by atoms with Crippen LogP contribution in [-0.4, -0.2) is 25.4 Å². The van der Waals surface area contributed by atoms with Gasteiger partial charge in [0.05, 0.1) is 23.0 Å². The number of nitrogens with one attached hydrogen (secondary N) is 2. The van der Waals surface area contributed by atoms with Gasteiger partial charge in [-0.2, -0.15) is 0 Å². The Morgan fingerprint density at radius 2 is 2.04 bits per heavy atom. The van der Waals surface area contributed by atoms with Gasteiger partial charge in [-0.15, -0.1) is 11.3 Å². The summed E-state index contributed by atoms with van der Waals surface area (Å²) >= 11 is 1.43. The molecule has 3 rings (SSSR count). The number of hydrogen-bond acceptors (Lipinski definition) is 6. The van der Waals surface area contributed by atoms with Crippen molar-refractivity contribution in [2.75, 3.05) is 0 Å². The molecule has 148 valence electrons. The molecule has 3 aromatic heterocycles. The summed E-state index contributed by atoms with van der Waals surface area (Å²) in [6.07, 6.45) is 1.68. The van der Waals surface area contributed by atoms with Crippen LogP contribution in [0.1, 0.15) is 54.5 Å². The number of aromatic amines is 1. The van der Waals surface area contributed by atoms with E-state index in [9.17, 15) is 14.4 Å². The highest BCUT2D eigenvalue weighted by Crippen LogP contribution is 2.20. The SMILES string of the molecule is CC(C)Cn1c(=O)[nH]c(=O)c2c(C(=O)NCc3cncs3)cc(C(C)C)nc21. The lowest BCUT2D eigenvalue weighted by molar-refractivity contribution is 0.0952. The summed E-state index contributed by atoms with van der Waals surface area (Å²) in [6, 6.07) is 1.63. The number of aromatic nitrogens is 4. The van der Waals surface area contributed by atoms with E-state index in [1.54, 1.807) is 17.8 Å². The first-order valence-corrected chi connectivity index (χ1v) is 9.99. The molecular weight excluding hydrogens is 378 g/mol. The van der Waals surface area contributed by atoms with Crippen molar-refractivity contribution < 1.29 is 4.79 Å². The fourth-order valence-corrected chi connectivity index (χ4v) is 3.43. The maximum absolute atomic E-state index is 12.9. The summed E-state index contributed by atoms with van der Waals surface area (Å²) in [4.78, 5) is 49.7. The van der Waals surface area contributed by atoms with E-state index in [0.717, 1.165) is 4.88 Å². The number of hydrogen-bond donors (Lipinski definition) is 2. The molecule has 2 N–H and O–H groups in total. The highest BCUT2D eigenvalue weighted by molar-refractivity contribution is 7.09. The molecule has 0 aliphatic rings. The molecule has 0 aliphatic heterocycles. The maximum Gasteiger partial charge on any atom is 0.330 e. The van der Waals surface area contributed by atoms with E-state index in [0.29, 0.717) is 18.8 Å². The first-order valence-electron chi connectivity index (χ1n) is 9.11. The third-order valence-electron chi connectivity index (χ3n) is 4.26. The zero-order chi connectivity index (χ0) is 20.4. The quantitative estimate of drug-likeness (QED) is 0.658. The summed E-state index contributed by atoms with van der Waals surface area (Å²) in [5, 5.41) is 2.96. The molecule has 0 fully saturated rings. The summed E-state index contributed by atoms with van der Waals surface area (Å²) in [5.41, 5.74) is 1.68. The lowest BCUT2D eigenvalue weighted by atomic mass is 10.0. The second-order valence-electron chi connectivity index (χ2n) is 7.36. The molecule has 0 aliphatic carbocycles. The summed E-state index contributed by atoms with van der Waals surface area (Å²) in [6.45, 7) is 8.55. The van der Waals surface area contributed by atoms with E-state index in [1.807, 2.05) is 27.7 Å². The highest BCUT2D eigenvalue weighted by atomic mass is 32.1. The monoisotopic (exact) mass is 401 g/mol. The fourth-order valence-electron chi connectivity index (χ4n) is 2.89. The van der Waals surface area contributed by atoms with Gasteiger partial charge in [-0.3, -0.25) is 24.1 Å². The van der Waals surface area contributed by atoms with Gasteiger partial charge in [0.1, 0.15) is 0 Å². The van der Waals surface area contributed by atoms with Crippen molar-refractivity contribution in [1.82, 2.24) is 24.8 Å². The predicted octanol–water partition coefficient (Wildman–Crippen LogP) is 2.25. The highest BCUT2D eigenvalue weighted by Gasteiger charge is 2.20. The standard InChI is InChI=1S/C19H23N5O3S/c1-10(2)8-24-16-15(18(26)23-19(24)27)13(5-14(22-16)11(3)4)17(25)21-7-12-6-20-9-28-12/h5-6,9-11H,7-8H2,1-4H3,(H,21,25)(H,23,26,27). The minimum Gasteiger partial charge on any atom is -0.347 e. The minimum absolute atomic E-state index is 0.0272. The van der Waals surface area contributed by atoms with Crippen LogP contribution in [0.4, 0.5) is 0 Å². The first kappa shape index (κ1) is 19.9. The Balaban J connectivity index is 2.18. The molecule has 0 aromatic carbocycles. The molecule has 0 bridgehead atoms. The third kappa shape index (κ3) is 4.04. The minimum atomic E-state index is -0.606. The molecule has 0 saturated heterocycles. The Morgan fingerprint density at radius 1 is 1.29 bits per heavy atom. The van der Waals surface area contributed by atoms with Gasteiger partial charge in [0, 0.05) is 23.3 Å². The third-order valence-corrected chi connectivity index (χ3v) is 5.04. The first-order chi connectivity index (χ1) is 13.3. The van der Waals surface area contributed by atoms with E-state index in [2.05, 4.69) is 20.3 Å². The van der Waals surface area contributed by atoms with Crippen LogP contribution in [0.3, 0.4) is 0 Å². The molecule has 9 heteroatoms. The van der Waals surface area contributed by atoms with Gasteiger partial charge in [0.25, 0.3) is 11.5 Å². The summed E-state index contributed by atoms with van der Waals surface area (Å²) in [7, 11) is 0. The van der Waals surface area contributed by atoms with Crippen molar-refractivity contribution in [3.63, 3.8) is 0 Å². The van der Waals surface area contributed by atoms with Gasteiger partial charge < -0.3 is 5.32 Å². The van der Waals surface area contributed by atoms with Gasteiger partial charge in [-0.1, -0.05) is 27.7 Å². The molecule has 1 amide bonds. The van der Waals surface area contributed by atoms with Crippen LogP contribution >= 0.6 is 11.3 Å². The number of fused-ring (bicyclic) bond motifs is 1. The number of nitrogens with zero attached hydrogens (tertiary/aromatic N) is 3. The molecule has 3 aromatic rings. The van der Waals surface area contributed by atoms with Crippen LogP contribution in [0.2, 0.25) is 0 Å². The van der Waals surface area contributed by atoms with Gasteiger partial charge in [0.2, 0.25) is 0 Å². The Bertz CT molecular complexity index is 1110. The Hall–Kier alpha value is -2.81. The number of H-pyrrole nitrogens is 1. The van der Waals surface area contributed by atoms with E-state index in [1.165, 1.54) is 15.9 Å². The van der Waals surface area contributed by atoms with Crippen LogP contribution in [0.15, 0.2) is 27.4 Å². The van der Waals surface area contributed by atoms with Crippen LogP contribution in [-0.2, 0) is 13.1 Å². The lowest BCUT2D eigenvalue weighted by Gasteiger charge is -2.15. The number of rotatable bonds is 6. The molecule has 0 unspecified atom stereocenters. The van der Waals surface area contributed by atoms with Gasteiger partial charge in [0.15, 0.2) is 5.65 Å². The number of pyridine rings is 1. The zero-order valence-electron chi connectivity index (χ0n) is 16.3. The number of amides is 1. The number of thiazole rings is 1. The van der Waals surface area contributed by atoms with E-state index in [4.69, 9.17) is 0 Å². The molecule has 0 atom stereocenters. The zero-order valence-corrected chi connectivity index (χ0v) is 17.1.